The van der Waals surface area contributed by atoms with Crippen molar-refractivity contribution in [3.8, 4) is 11.1 Å². The summed E-state index contributed by atoms with van der Waals surface area (Å²) < 4.78 is 49.3. The zero-order chi connectivity index (χ0) is 66.1. The third kappa shape index (κ3) is 22.4. The number of unbranched alkanes of at least 4 members (excludes halogenated alkanes) is 4. The van der Waals surface area contributed by atoms with Gasteiger partial charge in [-0.3, -0.25) is 24.4 Å². The van der Waals surface area contributed by atoms with E-state index in [1.54, 1.807) is 35.6 Å². The van der Waals surface area contributed by atoms with Crippen molar-refractivity contribution in [3.05, 3.63) is 161 Å². The number of rotatable bonds is 43. The van der Waals surface area contributed by atoms with E-state index >= 15 is 0 Å². The van der Waals surface area contributed by atoms with Crippen LogP contribution < -0.4 is 21.3 Å². The Hall–Kier alpha value is -8.26. The second-order valence-corrected chi connectivity index (χ2v) is 23.3. The first-order valence-corrected chi connectivity index (χ1v) is 33.2. The molecule has 1 aliphatic carbocycles. The van der Waals surface area contributed by atoms with Crippen LogP contribution >= 0.6 is 0 Å². The standard InChI is InChI=1S/C72H91N9O14/c1-87-34-35-89-38-39-91-42-43-93-46-47-94-45-44-92-41-40-90-37-36-88-33-27-68(82)75-28-10-8-20-66(78-72(86)95-52-64-59-16-6-4-14-57(59)58-15-5-7-17-60(58)64)69(83)76-29-9-2-3-11-32-81-70(84)63(61-18-12-21-65-62(61)19-13-30-74-65)48-67(79-81)53-22-24-56(25-23-53)77-71(85)80-50-54-26-31-73-49-55(54)51-80/h4-7,12-19,21-26,30-31,49,63-64,66H,2-3,8-11,20,27-29,32-48,50-52H2,1H3,(H,75,82)(H,76,83)(H,77,85)(H,78,86)/t63?,66-/m0/s1. The molecule has 0 fully saturated rings. The molecule has 0 bridgehead atoms. The van der Waals surface area contributed by atoms with Crippen molar-refractivity contribution in [1.29, 1.82) is 0 Å². The van der Waals surface area contributed by atoms with Gasteiger partial charge in [-0.1, -0.05) is 91.7 Å². The molecule has 3 aliphatic rings. The van der Waals surface area contributed by atoms with Gasteiger partial charge in [0, 0.05) is 88.3 Å². The normalized spacial score (nSPS) is 14.5. The lowest BCUT2D eigenvalue weighted by Crippen LogP contribution is -2.47. The maximum atomic E-state index is 14.4. The van der Waals surface area contributed by atoms with Crippen LogP contribution in [0.1, 0.15) is 103 Å². The summed E-state index contributed by atoms with van der Waals surface area (Å²) in [5, 5.41) is 19.3. The van der Waals surface area contributed by atoms with E-state index in [1.165, 1.54) is 0 Å². The molecule has 6 aromatic rings. The molecule has 23 nitrogen and oxygen atoms in total. The Bertz CT molecular complexity index is 3340. The highest BCUT2D eigenvalue weighted by molar-refractivity contribution is 6.07. The first-order chi connectivity index (χ1) is 46.7. The Morgan fingerprint density at radius 1 is 0.589 bits per heavy atom. The number of benzene rings is 4. The molecule has 2 atom stereocenters. The van der Waals surface area contributed by atoms with E-state index < -0.39 is 18.1 Å². The summed E-state index contributed by atoms with van der Waals surface area (Å²) in [5.41, 5.74) is 10.5. The SMILES string of the molecule is COCCOCCOCCOCCOCCOCCOCCOCCC(=O)NCCCC[C@H](NC(=O)OCC1c2ccccc2-c2ccccc21)C(=O)NCCCCCCN1N=C(c2ccc(NC(=O)N3Cc4ccncc4C3)cc2)CC(c2cccc3ncccc23)C1=O. The van der Waals surface area contributed by atoms with Crippen LogP contribution in [0.3, 0.4) is 0 Å². The summed E-state index contributed by atoms with van der Waals surface area (Å²) in [4.78, 5) is 78.3. The van der Waals surface area contributed by atoms with E-state index in [2.05, 4.69) is 55.5 Å². The number of nitrogens with one attached hydrogen (secondary N) is 4. The number of nitrogens with zero attached hydrogens (tertiary/aromatic N) is 5. The average molecular weight is 1310 g/mol. The lowest BCUT2D eigenvalue weighted by atomic mass is 9.86. The van der Waals surface area contributed by atoms with Crippen molar-refractivity contribution in [2.75, 3.05) is 138 Å². The Balaban J connectivity index is 0.677. The molecule has 4 heterocycles. The molecule has 6 amide bonds. The van der Waals surface area contributed by atoms with Gasteiger partial charge in [0.25, 0.3) is 5.91 Å². The molecule has 0 radical (unpaired) electrons. The lowest BCUT2D eigenvalue weighted by Gasteiger charge is -2.30. The number of aromatic nitrogens is 2. The van der Waals surface area contributed by atoms with Crippen molar-refractivity contribution < 1.29 is 66.6 Å². The fourth-order valence-electron chi connectivity index (χ4n) is 11.7. The Morgan fingerprint density at radius 3 is 1.85 bits per heavy atom. The Morgan fingerprint density at radius 2 is 1.19 bits per heavy atom. The Kier molecular flexibility index (Phi) is 29.6. The molecule has 508 valence electrons. The quantitative estimate of drug-likeness (QED) is 0.0260. The Labute approximate surface area is 556 Å². The van der Waals surface area contributed by atoms with Crippen molar-refractivity contribution in [3.63, 3.8) is 0 Å². The van der Waals surface area contributed by atoms with Gasteiger partial charge in [0.1, 0.15) is 12.6 Å². The second-order valence-electron chi connectivity index (χ2n) is 23.3. The molecule has 4 N–H and O–H groups in total. The maximum Gasteiger partial charge on any atom is 0.407 e. The monoisotopic (exact) mass is 1310 g/mol. The van der Waals surface area contributed by atoms with Gasteiger partial charge in [0.15, 0.2) is 0 Å². The maximum absolute atomic E-state index is 14.4. The lowest BCUT2D eigenvalue weighted by molar-refractivity contribution is -0.133. The van der Waals surface area contributed by atoms with Crippen LogP contribution in [0, 0.1) is 0 Å². The van der Waals surface area contributed by atoms with Gasteiger partial charge in [0.2, 0.25) is 11.8 Å². The molecule has 2 aliphatic heterocycles. The van der Waals surface area contributed by atoms with Gasteiger partial charge in [-0.05, 0) is 107 Å². The van der Waals surface area contributed by atoms with Crippen LogP contribution in [0.5, 0.6) is 0 Å². The molecular formula is C72H91N9O14. The minimum atomic E-state index is -0.877. The number of amides is 6. The van der Waals surface area contributed by atoms with Crippen LogP contribution in [0.4, 0.5) is 15.3 Å². The molecule has 0 saturated heterocycles. The largest absolute Gasteiger partial charge is 0.449 e. The minimum absolute atomic E-state index is 0.0879. The van der Waals surface area contributed by atoms with E-state index in [0.29, 0.717) is 169 Å². The number of hydrogen-bond donors (Lipinski definition) is 4. The van der Waals surface area contributed by atoms with Crippen molar-refractivity contribution in [2.24, 2.45) is 5.10 Å². The first-order valence-electron chi connectivity index (χ1n) is 33.2. The van der Waals surface area contributed by atoms with E-state index in [1.807, 2.05) is 84.9 Å². The first kappa shape index (κ1) is 71.0. The van der Waals surface area contributed by atoms with Gasteiger partial charge < -0.3 is 68.8 Å². The zero-order valence-electron chi connectivity index (χ0n) is 54.5. The van der Waals surface area contributed by atoms with Crippen molar-refractivity contribution in [1.82, 2.24) is 35.8 Å². The van der Waals surface area contributed by atoms with E-state index in [4.69, 9.17) is 47.7 Å². The van der Waals surface area contributed by atoms with E-state index in [0.717, 1.165) is 74.0 Å². The summed E-state index contributed by atoms with van der Waals surface area (Å²) in [5.74, 6) is -1.21. The molecule has 95 heavy (non-hydrogen) atoms. The summed E-state index contributed by atoms with van der Waals surface area (Å²) in [6.45, 7) is 9.02. The molecule has 2 aromatic heterocycles. The highest BCUT2D eigenvalue weighted by Crippen LogP contribution is 2.44. The number of methoxy groups -OCH3 is 1. The summed E-state index contributed by atoms with van der Waals surface area (Å²) >= 11 is 0. The molecule has 0 saturated carbocycles. The summed E-state index contributed by atoms with van der Waals surface area (Å²) in [6, 6.07) is 34.4. The van der Waals surface area contributed by atoms with Crippen LogP contribution in [-0.2, 0) is 70.1 Å². The van der Waals surface area contributed by atoms with Gasteiger partial charge in [0.05, 0.1) is 116 Å². The van der Waals surface area contributed by atoms with Gasteiger partial charge in [-0.15, -0.1) is 0 Å². The third-order valence-electron chi connectivity index (χ3n) is 16.7. The number of ether oxygens (including phenoxy) is 9. The van der Waals surface area contributed by atoms with Crippen molar-refractivity contribution in [2.45, 2.75) is 88.8 Å². The van der Waals surface area contributed by atoms with Crippen LogP contribution in [0.2, 0.25) is 0 Å². The minimum Gasteiger partial charge on any atom is -0.449 e. The predicted molar refractivity (Wildman–Crippen MR) is 359 cm³/mol. The predicted octanol–water partition coefficient (Wildman–Crippen LogP) is 8.92. The second kappa shape index (κ2) is 39.6. The summed E-state index contributed by atoms with van der Waals surface area (Å²) in [7, 11) is 1.64. The molecule has 9 rings (SSSR count). The zero-order valence-corrected chi connectivity index (χ0v) is 54.5. The fraction of sp³-hybridized carbons (Fsp3) is 0.472. The molecule has 4 aromatic carbocycles. The van der Waals surface area contributed by atoms with Gasteiger partial charge >= 0.3 is 12.1 Å². The number of pyridine rings is 2. The number of carbonyl (C=O) groups excluding carboxylic acids is 5. The van der Waals surface area contributed by atoms with Crippen LogP contribution in [0.25, 0.3) is 22.0 Å². The highest BCUT2D eigenvalue weighted by Gasteiger charge is 2.34. The number of hydrazone groups is 1. The highest BCUT2D eigenvalue weighted by atomic mass is 16.6. The third-order valence-corrected chi connectivity index (χ3v) is 16.7. The number of anilines is 1. The molecule has 23 heteroatoms. The van der Waals surface area contributed by atoms with Crippen molar-refractivity contribution >= 4 is 52.1 Å². The molecule has 1 unspecified atom stereocenters. The van der Waals surface area contributed by atoms with E-state index in [9.17, 15) is 24.0 Å². The molecular weight excluding hydrogens is 1210 g/mol. The number of fused-ring (bicyclic) bond motifs is 5. The number of hydrogen-bond acceptors (Lipinski definition) is 17. The fourth-order valence-corrected chi connectivity index (χ4v) is 11.7. The summed E-state index contributed by atoms with van der Waals surface area (Å²) in [6.07, 6.45) is 9.50. The van der Waals surface area contributed by atoms with Gasteiger partial charge in [-0.2, -0.15) is 5.10 Å². The van der Waals surface area contributed by atoms with Crippen LogP contribution in [0.15, 0.2) is 133 Å². The average Bonchev–Trinajstić information content (AvgIpc) is 1.72. The topological polar surface area (TPSA) is 261 Å². The number of urea groups is 1. The molecule has 0 spiro atoms. The van der Waals surface area contributed by atoms with E-state index in [-0.39, 0.29) is 49.3 Å². The van der Waals surface area contributed by atoms with Crippen LogP contribution in [-0.4, -0.2) is 194 Å². The smallest absolute Gasteiger partial charge is 0.407 e. The van der Waals surface area contributed by atoms with Gasteiger partial charge in [-0.25, -0.2) is 14.6 Å². The number of alkyl carbamates (subject to hydrolysis) is 1. The number of carbonyl (C=O) groups is 5.